The fourth-order valence-electron chi connectivity index (χ4n) is 4.61. The lowest BCUT2D eigenvalue weighted by atomic mass is 9.96. The van der Waals surface area contributed by atoms with E-state index < -0.39 is 10.2 Å². The standard InChI is InChI=1S/C24H25N5O4S/c1-15-12-26-18-8-3-2-7-17(18)21(15)24(30)29-11-5-6-16(13-29)14-33-20-10-4-9-19-22(20)23(25)28-34(31,32)27-19/h2-4,7-10,12,16,27H,5-6,11,13-14H2,1H3,(H2,25,28). The van der Waals surface area contributed by atoms with E-state index in [-0.39, 0.29) is 17.7 Å². The molecule has 1 unspecified atom stereocenters. The van der Waals surface area contributed by atoms with Crippen LogP contribution in [0.2, 0.25) is 0 Å². The number of nitrogens with zero attached hydrogens (tertiary/aromatic N) is 3. The van der Waals surface area contributed by atoms with Gasteiger partial charge in [0, 0.05) is 30.6 Å². The van der Waals surface area contributed by atoms with E-state index in [0.29, 0.717) is 42.3 Å². The maximum Gasteiger partial charge on any atom is 0.344 e. The number of hydrogen-bond donors (Lipinski definition) is 2. The van der Waals surface area contributed by atoms with Crippen LogP contribution in [0.25, 0.3) is 10.9 Å². The Kier molecular flexibility index (Phi) is 5.60. The van der Waals surface area contributed by atoms with E-state index in [0.717, 1.165) is 29.3 Å². The number of carbonyl (C=O) groups is 1. The van der Waals surface area contributed by atoms with Crippen molar-refractivity contribution in [2.45, 2.75) is 19.8 Å². The molecule has 0 radical (unpaired) electrons. The number of ether oxygens (including phenoxy) is 1. The molecule has 10 heteroatoms. The summed E-state index contributed by atoms with van der Waals surface area (Å²) in [6.07, 6.45) is 3.54. The molecule has 9 nitrogen and oxygen atoms in total. The Hall–Kier alpha value is -3.66. The molecule has 1 aromatic heterocycles. The maximum atomic E-state index is 13.5. The molecular weight excluding hydrogens is 454 g/mol. The highest BCUT2D eigenvalue weighted by molar-refractivity contribution is 7.91. The third kappa shape index (κ3) is 4.16. The molecule has 1 fully saturated rings. The Morgan fingerprint density at radius 2 is 2.06 bits per heavy atom. The summed E-state index contributed by atoms with van der Waals surface area (Å²) in [5.41, 5.74) is 9.03. The first kappa shape index (κ1) is 22.1. The van der Waals surface area contributed by atoms with Gasteiger partial charge in [0.05, 0.1) is 28.9 Å². The largest absolute Gasteiger partial charge is 0.492 e. The number of anilines is 1. The van der Waals surface area contributed by atoms with E-state index >= 15 is 0 Å². The minimum Gasteiger partial charge on any atom is -0.492 e. The summed E-state index contributed by atoms with van der Waals surface area (Å²) in [6, 6.07) is 12.7. The van der Waals surface area contributed by atoms with Gasteiger partial charge in [-0.3, -0.25) is 14.5 Å². The Morgan fingerprint density at radius 3 is 2.91 bits per heavy atom. The monoisotopic (exact) mass is 479 g/mol. The summed E-state index contributed by atoms with van der Waals surface area (Å²) >= 11 is 0. The van der Waals surface area contributed by atoms with Gasteiger partial charge in [-0.25, -0.2) is 0 Å². The minimum absolute atomic E-state index is 0.00340. The Morgan fingerprint density at radius 1 is 1.24 bits per heavy atom. The predicted molar refractivity (Wildman–Crippen MR) is 130 cm³/mol. The van der Waals surface area contributed by atoms with Crippen molar-refractivity contribution in [3.05, 3.63) is 65.4 Å². The molecule has 1 atom stereocenters. The van der Waals surface area contributed by atoms with Crippen molar-refractivity contribution in [1.29, 1.82) is 0 Å². The zero-order valence-corrected chi connectivity index (χ0v) is 19.5. The third-order valence-electron chi connectivity index (χ3n) is 6.20. The van der Waals surface area contributed by atoms with Crippen molar-refractivity contribution < 1.29 is 17.9 Å². The fourth-order valence-corrected chi connectivity index (χ4v) is 5.46. The smallest absolute Gasteiger partial charge is 0.344 e. The first-order valence-corrected chi connectivity index (χ1v) is 12.5. The van der Waals surface area contributed by atoms with E-state index in [9.17, 15) is 13.2 Å². The second kappa shape index (κ2) is 8.60. The molecule has 3 aromatic rings. The van der Waals surface area contributed by atoms with E-state index in [1.807, 2.05) is 36.1 Å². The molecule has 176 valence electrons. The molecule has 3 N–H and O–H groups in total. The molecule has 0 spiro atoms. The van der Waals surface area contributed by atoms with Crippen LogP contribution in [0.3, 0.4) is 0 Å². The van der Waals surface area contributed by atoms with Gasteiger partial charge < -0.3 is 15.4 Å². The molecule has 1 amide bonds. The Balaban J connectivity index is 1.33. The lowest BCUT2D eigenvalue weighted by Crippen LogP contribution is -2.42. The van der Waals surface area contributed by atoms with Gasteiger partial charge in [-0.15, -0.1) is 4.40 Å². The fraction of sp³-hybridized carbons (Fsp3) is 0.292. The summed E-state index contributed by atoms with van der Waals surface area (Å²) in [7, 11) is -3.85. The van der Waals surface area contributed by atoms with Crippen LogP contribution in [-0.4, -0.2) is 49.7 Å². The van der Waals surface area contributed by atoms with Gasteiger partial charge in [0.25, 0.3) is 5.91 Å². The van der Waals surface area contributed by atoms with Crippen molar-refractivity contribution >= 4 is 38.5 Å². The quantitative estimate of drug-likeness (QED) is 0.592. The molecule has 2 aliphatic rings. The summed E-state index contributed by atoms with van der Waals surface area (Å²) in [5.74, 6) is 0.481. The number of amidine groups is 1. The molecule has 2 aliphatic heterocycles. The number of piperidine rings is 1. The number of nitrogens with two attached hydrogens (primary N) is 1. The van der Waals surface area contributed by atoms with E-state index in [1.54, 1.807) is 24.4 Å². The average Bonchev–Trinajstić information content (AvgIpc) is 2.81. The number of hydrogen-bond acceptors (Lipinski definition) is 6. The number of likely N-dealkylation sites (tertiary alicyclic amines) is 1. The van der Waals surface area contributed by atoms with Gasteiger partial charge in [0.15, 0.2) is 5.84 Å². The minimum atomic E-state index is -3.85. The lowest BCUT2D eigenvalue weighted by Gasteiger charge is -2.33. The Labute approximate surface area is 197 Å². The van der Waals surface area contributed by atoms with Crippen molar-refractivity contribution in [2.75, 3.05) is 24.4 Å². The van der Waals surface area contributed by atoms with Gasteiger partial charge >= 0.3 is 10.2 Å². The summed E-state index contributed by atoms with van der Waals surface area (Å²) in [5, 5.41) is 0.860. The molecule has 1 saturated heterocycles. The van der Waals surface area contributed by atoms with E-state index in [2.05, 4.69) is 14.1 Å². The molecule has 0 bridgehead atoms. The summed E-state index contributed by atoms with van der Waals surface area (Å²) < 4.78 is 35.6. The van der Waals surface area contributed by atoms with Crippen LogP contribution in [0, 0.1) is 12.8 Å². The van der Waals surface area contributed by atoms with E-state index in [4.69, 9.17) is 10.5 Å². The van der Waals surface area contributed by atoms with Gasteiger partial charge in [0.1, 0.15) is 5.75 Å². The number of aromatic nitrogens is 1. The van der Waals surface area contributed by atoms with Gasteiger partial charge in [-0.1, -0.05) is 24.3 Å². The van der Waals surface area contributed by atoms with Gasteiger partial charge in [0.2, 0.25) is 0 Å². The van der Waals surface area contributed by atoms with Crippen LogP contribution < -0.4 is 15.2 Å². The number of para-hydroxylation sites is 1. The molecule has 3 heterocycles. The van der Waals surface area contributed by atoms with Crippen molar-refractivity contribution in [1.82, 2.24) is 9.88 Å². The first-order chi connectivity index (χ1) is 16.3. The SMILES string of the molecule is Cc1cnc2ccccc2c1C(=O)N1CCCC(COc2cccc3c2C(N)=NS(=O)(=O)N3)C1. The topological polar surface area (TPSA) is 127 Å². The number of benzene rings is 2. The lowest BCUT2D eigenvalue weighted by molar-refractivity contribution is 0.0634. The molecule has 34 heavy (non-hydrogen) atoms. The van der Waals surface area contributed by atoms with Crippen LogP contribution in [0.15, 0.2) is 53.1 Å². The van der Waals surface area contributed by atoms with Crippen LogP contribution in [0.1, 0.15) is 34.3 Å². The number of nitrogens with one attached hydrogen (secondary N) is 1. The number of amides is 1. The second-order valence-electron chi connectivity index (χ2n) is 8.64. The predicted octanol–water partition coefficient (Wildman–Crippen LogP) is 2.85. The average molecular weight is 480 g/mol. The second-order valence-corrected chi connectivity index (χ2v) is 9.97. The third-order valence-corrected chi connectivity index (χ3v) is 7.11. The number of rotatable bonds is 4. The highest BCUT2D eigenvalue weighted by Gasteiger charge is 2.28. The molecule has 0 aliphatic carbocycles. The maximum absolute atomic E-state index is 13.5. The van der Waals surface area contributed by atoms with Crippen LogP contribution in [0.5, 0.6) is 5.75 Å². The first-order valence-electron chi connectivity index (χ1n) is 11.1. The Bertz CT molecular complexity index is 1420. The van der Waals surface area contributed by atoms with E-state index in [1.165, 1.54) is 0 Å². The van der Waals surface area contributed by atoms with Crippen molar-refractivity contribution in [2.24, 2.45) is 16.0 Å². The molecule has 5 rings (SSSR count). The molecular formula is C24H25N5O4S. The molecule has 0 saturated carbocycles. The summed E-state index contributed by atoms with van der Waals surface area (Å²) in [6.45, 7) is 3.54. The number of pyridine rings is 1. The highest BCUT2D eigenvalue weighted by Crippen LogP contribution is 2.31. The van der Waals surface area contributed by atoms with Crippen LogP contribution in [-0.2, 0) is 10.2 Å². The highest BCUT2D eigenvalue weighted by atomic mass is 32.2. The van der Waals surface area contributed by atoms with Crippen molar-refractivity contribution in [3.63, 3.8) is 0 Å². The zero-order chi connectivity index (χ0) is 23.9. The number of aryl methyl sites for hydroxylation is 1. The van der Waals surface area contributed by atoms with Gasteiger partial charge in [-0.2, -0.15) is 8.42 Å². The number of fused-ring (bicyclic) bond motifs is 2. The van der Waals surface area contributed by atoms with Crippen molar-refractivity contribution in [3.8, 4) is 5.75 Å². The summed E-state index contributed by atoms with van der Waals surface area (Å²) in [4.78, 5) is 19.8. The normalized spacial score (nSPS) is 19.1. The number of carbonyl (C=O) groups excluding carboxylic acids is 1. The van der Waals surface area contributed by atoms with Crippen LogP contribution >= 0.6 is 0 Å². The zero-order valence-electron chi connectivity index (χ0n) is 18.7. The van der Waals surface area contributed by atoms with Crippen LogP contribution in [0.4, 0.5) is 5.69 Å². The molecule has 2 aromatic carbocycles. The van der Waals surface area contributed by atoms with Gasteiger partial charge in [-0.05, 0) is 43.5 Å².